The third-order valence-electron chi connectivity index (χ3n) is 3.10. The smallest absolute Gasteiger partial charge is 0.328 e. The average molecular weight is 328 g/mol. The maximum Gasteiger partial charge on any atom is 0.328 e. The van der Waals surface area contributed by atoms with Crippen LogP contribution < -0.4 is 0 Å². The molecule has 0 bridgehead atoms. The van der Waals surface area contributed by atoms with Crippen molar-refractivity contribution in [3.8, 4) is 0 Å². The third-order valence-corrected chi connectivity index (χ3v) is 3.60. The van der Waals surface area contributed by atoms with Gasteiger partial charge in [-0.3, -0.25) is 4.79 Å². The van der Waals surface area contributed by atoms with Gasteiger partial charge in [-0.15, -0.1) is 0 Å². The standard InChI is InChI=1S/C13H14BrNO4/c1-8-2-3-9(14)6-10(8)12(16)15-4-5-19-7-11(15)13(17)18/h2-3,6,11H,4-5,7H2,1H3,(H,17,18). The van der Waals surface area contributed by atoms with Gasteiger partial charge in [0.25, 0.3) is 5.91 Å². The van der Waals surface area contributed by atoms with Crippen LogP contribution in [0.2, 0.25) is 0 Å². The van der Waals surface area contributed by atoms with Crippen molar-refractivity contribution < 1.29 is 19.4 Å². The molecule has 1 fully saturated rings. The molecule has 5 nitrogen and oxygen atoms in total. The molecule has 1 saturated heterocycles. The summed E-state index contributed by atoms with van der Waals surface area (Å²) in [5, 5.41) is 9.15. The molecule has 102 valence electrons. The van der Waals surface area contributed by atoms with Crippen molar-refractivity contribution in [1.29, 1.82) is 0 Å². The van der Waals surface area contributed by atoms with E-state index < -0.39 is 12.0 Å². The highest BCUT2D eigenvalue weighted by molar-refractivity contribution is 9.10. The lowest BCUT2D eigenvalue weighted by atomic mass is 10.1. The molecule has 1 aromatic carbocycles. The van der Waals surface area contributed by atoms with E-state index in [9.17, 15) is 9.59 Å². The van der Waals surface area contributed by atoms with Gasteiger partial charge in [0.15, 0.2) is 6.04 Å². The Morgan fingerprint density at radius 2 is 2.21 bits per heavy atom. The van der Waals surface area contributed by atoms with Crippen LogP contribution in [0.4, 0.5) is 0 Å². The Labute approximate surface area is 119 Å². The van der Waals surface area contributed by atoms with Crippen LogP contribution in [0.15, 0.2) is 22.7 Å². The number of hydrogen-bond acceptors (Lipinski definition) is 3. The van der Waals surface area contributed by atoms with E-state index in [1.54, 1.807) is 6.07 Å². The normalized spacial score (nSPS) is 19.3. The van der Waals surface area contributed by atoms with Gasteiger partial charge < -0.3 is 14.7 Å². The average Bonchev–Trinajstić information content (AvgIpc) is 2.40. The first-order valence-corrected chi connectivity index (χ1v) is 6.67. The first-order valence-electron chi connectivity index (χ1n) is 5.88. The van der Waals surface area contributed by atoms with Crippen LogP contribution in [0.3, 0.4) is 0 Å². The van der Waals surface area contributed by atoms with Crippen LogP contribution in [0.5, 0.6) is 0 Å². The summed E-state index contributed by atoms with van der Waals surface area (Å²) in [6.07, 6.45) is 0. The Bertz CT molecular complexity index is 517. The molecule has 0 radical (unpaired) electrons. The number of carbonyl (C=O) groups is 2. The molecule has 6 heteroatoms. The van der Waals surface area contributed by atoms with Crippen molar-refractivity contribution in [2.24, 2.45) is 0 Å². The third kappa shape index (κ3) is 2.96. The van der Waals surface area contributed by atoms with E-state index >= 15 is 0 Å². The number of carbonyl (C=O) groups excluding carboxylic acids is 1. The van der Waals surface area contributed by atoms with E-state index in [0.717, 1.165) is 10.0 Å². The Balaban J connectivity index is 2.31. The molecule has 1 amide bonds. The summed E-state index contributed by atoms with van der Waals surface area (Å²) in [5.74, 6) is -1.31. The molecule has 1 aliphatic heterocycles. The molecule has 0 aromatic heterocycles. The summed E-state index contributed by atoms with van der Waals surface area (Å²) in [6, 6.07) is 4.47. The minimum atomic E-state index is -1.04. The Morgan fingerprint density at radius 3 is 2.89 bits per heavy atom. The molecule has 1 heterocycles. The number of benzene rings is 1. The summed E-state index contributed by atoms with van der Waals surface area (Å²) in [6.45, 7) is 2.52. The Morgan fingerprint density at radius 1 is 1.47 bits per heavy atom. The maximum absolute atomic E-state index is 12.5. The van der Waals surface area contributed by atoms with Gasteiger partial charge >= 0.3 is 5.97 Å². The maximum atomic E-state index is 12.5. The number of rotatable bonds is 2. The van der Waals surface area contributed by atoms with E-state index in [4.69, 9.17) is 9.84 Å². The van der Waals surface area contributed by atoms with Crippen molar-refractivity contribution in [2.45, 2.75) is 13.0 Å². The van der Waals surface area contributed by atoms with Crippen LogP contribution in [0.25, 0.3) is 0 Å². The SMILES string of the molecule is Cc1ccc(Br)cc1C(=O)N1CCOCC1C(=O)O. The Kier molecular flexibility index (Phi) is 4.21. The van der Waals surface area contributed by atoms with E-state index in [-0.39, 0.29) is 12.5 Å². The second-order valence-electron chi connectivity index (χ2n) is 4.39. The fourth-order valence-corrected chi connectivity index (χ4v) is 2.39. The number of hydrogen-bond donors (Lipinski definition) is 1. The number of amides is 1. The molecule has 1 atom stereocenters. The lowest BCUT2D eigenvalue weighted by molar-refractivity contribution is -0.147. The summed E-state index contributed by atoms with van der Waals surface area (Å²) in [4.78, 5) is 25.0. The zero-order valence-corrected chi connectivity index (χ0v) is 12.0. The number of nitrogens with zero attached hydrogens (tertiary/aromatic N) is 1. The monoisotopic (exact) mass is 327 g/mol. The zero-order chi connectivity index (χ0) is 14.0. The minimum absolute atomic E-state index is 0.0358. The van der Waals surface area contributed by atoms with Gasteiger partial charge in [-0.05, 0) is 24.6 Å². The van der Waals surface area contributed by atoms with Gasteiger partial charge in [-0.1, -0.05) is 22.0 Å². The summed E-state index contributed by atoms with van der Waals surface area (Å²) in [5.41, 5.74) is 1.34. The lowest BCUT2D eigenvalue weighted by Crippen LogP contribution is -2.52. The van der Waals surface area contributed by atoms with Crippen molar-refractivity contribution >= 4 is 27.8 Å². The van der Waals surface area contributed by atoms with E-state index in [1.807, 2.05) is 19.1 Å². The number of aryl methyl sites for hydroxylation is 1. The molecular weight excluding hydrogens is 314 g/mol. The highest BCUT2D eigenvalue weighted by atomic mass is 79.9. The molecule has 1 unspecified atom stereocenters. The molecule has 0 saturated carbocycles. The van der Waals surface area contributed by atoms with Crippen LogP contribution in [-0.2, 0) is 9.53 Å². The van der Waals surface area contributed by atoms with Crippen LogP contribution in [0.1, 0.15) is 15.9 Å². The molecule has 1 N–H and O–H groups in total. The topological polar surface area (TPSA) is 66.8 Å². The fourth-order valence-electron chi connectivity index (χ4n) is 2.03. The van der Waals surface area contributed by atoms with Crippen molar-refractivity contribution in [2.75, 3.05) is 19.8 Å². The van der Waals surface area contributed by atoms with Crippen LogP contribution >= 0.6 is 15.9 Å². The highest BCUT2D eigenvalue weighted by Crippen LogP contribution is 2.20. The van der Waals surface area contributed by atoms with E-state index in [1.165, 1.54) is 4.90 Å². The molecule has 1 aromatic rings. The van der Waals surface area contributed by atoms with Crippen LogP contribution in [0, 0.1) is 6.92 Å². The number of halogens is 1. The van der Waals surface area contributed by atoms with Gasteiger partial charge in [0.1, 0.15) is 0 Å². The van der Waals surface area contributed by atoms with Crippen molar-refractivity contribution in [3.63, 3.8) is 0 Å². The van der Waals surface area contributed by atoms with E-state index in [0.29, 0.717) is 18.7 Å². The van der Waals surface area contributed by atoms with Gasteiger partial charge in [-0.25, -0.2) is 4.79 Å². The van der Waals surface area contributed by atoms with Crippen molar-refractivity contribution in [1.82, 2.24) is 4.90 Å². The number of aliphatic carboxylic acids is 1. The molecule has 1 aliphatic rings. The predicted molar refractivity (Wildman–Crippen MR) is 72.2 cm³/mol. The lowest BCUT2D eigenvalue weighted by Gasteiger charge is -2.33. The minimum Gasteiger partial charge on any atom is -0.480 e. The summed E-state index contributed by atoms with van der Waals surface area (Å²) < 4.78 is 5.92. The van der Waals surface area contributed by atoms with Gasteiger partial charge in [0.2, 0.25) is 0 Å². The van der Waals surface area contributed by atoms with Crippen LogP contribution in [-0.4, -0.2) is 47.7 Å². The predicted octanol–water partition coefficient (Wildman–Crippen LogP) is 1.68. The second-order valence-corrected chi connectivity index (χ2v) is 5.30. The fraction of sp³-hybridized carbons (Fsp3) is 0.385. The van der Waals surface area contributed by atoms with Gasteiger partial charge in [0.05, 0.1) is 13.2 Å². The number of carboxylic acids is 1. The second kappa shape index (κ2) is 5.71. The molecular formula is C13H14BrNO4. The highest BCUT2D eigenvalue weighted by Gasteiger charge is 2.33. The summed E-state index contributed by atoms with van der Waals surface area (Å²) >= 11 is 3.32. The van der Waals surface area contributed by atoms with Gasteiger partial charge in [-0.2, -0.15) is 0 Å². The summed E-state index contributed by atoms with van der Waals surface area (Å²) in [7, 11) is 0. The molecule has 19 heavy (non-hydrogen) atoms. The first-order chi connectivity index (χ1) is 9.00. The molecule has 2 rings (SSSR count). The largest absolute Gasteiger partial charge is 0.480 e. The molecule has 0 aliphatic carbocycles. The van der Waals surface area contributed by atoms with E-state index in [2.05, 4.69) is 15.9 Å². The number of morpholine rings is 1. The molecule has 0 spiro atoms. The quantitative estimate of drug-likeness (QED) is 0.897. The number of carboxylic acid groups (broad SMARTS) is 1. The first kappa shape index (κ1) is 14.0. The zero-order valence-electron chi connectivity index (χ0n) is 10.4. The van der Waals surface area contributed by atoms with Crippen molar-refractivity contribution in [3.05, 3.63) is 33.8 Å². The Hall–Kier alpha value is -1.40. The number of ether oxygens (including phenoxy) is 1. The van der Waals surface area contributed by atoms with Gasteiger partial charge in [0, 0.05) is 16.6 Å².